The van der Waals surface area contributed by atoms with Crippen molar-refractivity contribution in [3.63, 3.8) is 0 Å². The second-order valence-electron chi connectivity index (χ2n) is 3.80. The maximum atomic E-state index is 10.8. The lowest BCUT2D eigenvalue weighted by Gasteiger charge is -2.08. The Bertz CT molecular complexity index is 549. The van der Waals surface area contributed by atoms with Crippen LogP contribution in [0.25, 0.3) is 11.2 Å². The van der Waals surface area contributed by atoms with E-state index in [2.05, 4.69) is 9.97 Å². The topological polar surface area (TPSA) is 73.8 Å². The van der Waals surface area contributed by atoms with Crippen LogP contribution in [-0.2, 0) is 11.3 Å². The molecule has 2 heterocycles. The summed E-state index contributed by atoms with van der Waals surface area (Å²) < 4.78 is 1.84. The van der Waals surface area contributed by atoms with E-state index in [-0.39, 0.29) is 17.7 Å². The first-order chi connectivity index (χ1) is 8.09. The number of alkyl halides is 1. The zero-order chi connectivity index (χ0) is 12.4. The summed E-state index contributed by atoms with van der Waals surface area (Å²) in [5, 5.41) is -0.239. The van der Waals surface area contributed by atoms with Crippen molar-refractivity contribution in [2.24, 2.45) is 5.73 Å². The average Bonchev–Trinajstić information content (AvgIpc) is 2.65. The van der Waals surface area contributed by atoms with E-state index in [9.17, 15) is 4.79 Å². The fraction of sp³-hybridized carbons (Fsp3) is 0.364. The maximum absolute atomic E-state index is 10.8. The zero-order valence-electron chi connectivity index (χ0n) is 9.43. The van der Waals surface area contributed by atoms with Crippen molar-refractivity contribution < 1.29 is 4.79 Å². The third-order valence-electron chi connectivity index (χ3n) is 2.47. The summed E-state index contributed by atoms with van der Waals surface area (Å²) in [6.45, 7) is 2.29. The van der Waals surface area contributed by atoms with Gasteiger partial charge in [0, 0.05) is 19.2 Å². The van der Waals surface area contributed by atoms with Gasteiger partial charge in [-0.2, -0.15) is 0 Å². The number of imidazole rings is 1. The van der Waals surface area contributed by atoms with Crippen molar-refractivity contribution in [3.05, 3.63) is 24.2 Å². The number of amides is 1. The summed E-state index contributed by atoms with van der Waals surface area (Å²) >= 11 is 6.07. The average molecular weight is 253 g/mol. The molecule has 90 valence electrons. The van der Waals surface area contributed by atoms with Crippen LogP contribution in [0.2, 0.25) is 0 Å². The molecule has 0 aliphatic rings. The standard InChI is InChI=1S/C11H13ClN4O/c1-7(12)10-15-8-3-2-5-14-11(8)16(10)6-4-9(13)17/h2-3,5,7H,4,6H2,1H3,(H2,13,17). The number of pyridine rings is 1. The van der Waals surface area contributed by atoms with Gasteiger partial charge in [0.1, 0.15) is 11.3 Å². The van der Waals surface area contributed by atoms with Crippen molar-refractivity contribution in [2.45, 2.75) is 25.3 Å². The number of nitrogens with zero attached hydrogens (tertiary/aromatic N) is 3. The molecule has 0 aliphatic heterocycles. The number of rotatable bonds is 4. The molecule has 17 heavy (non-hydrogen) atoms. The summed E-state index contributed by atoms with van der Waals surface area (Å²) in [5.41, 5.74) is 6.66. The molecule has 1 unspecified atom stereocenters. The van der Waals surface area contributed by atoms with Gasteiger partial charge in [-0.15, -0.1) is 11.6 Å². The van der Waals surface area contributed by atoms with Gasteiger partial charge in [-0.1, -0.05) is 0 Å². The quantitative estimate of drug-likeness (QED) is 0.840. The van der Waals surface area contributed by atoms with E-state index in [4.69, 9.17) is 17.3 Å². The third kappa shape index (κ3) is 2.39. The number of carbonyl (C=O) groups excluding carboxylic acids is 1. The third-order valence-corrected chi connectivity index (χ3v) is 2.67. The smallest absolute Gasteiger partial charge is 0.219 e. The van der Waals surface area contributed by atoms with Gasteiger partial charge in [-0.25, -0.2) is 9.97 Å². The molecule has 0 radical (unpaired) electrons. The number of carbonyl (C=O) groups is 1. The lowest BCUT2D eigenvalue weighted by atomic mass is 10.3. The van der Waals surface area contributed by atoms with E-state index < -0.39 is 0 Å². The monoisotopic (exact) mass is 252 g/mol. The summed E-state index contributed by atoms with van der Waals surface area (Å²) in [5.74, 6) is 0.359. The Labute approximate surface area is 104 Å². The summed E-state index contributed by atoms with van der Waals surface area (Å²) in [4.78, 5) is 19.5. The van der Waals surface area contributed by atoms with Crippen LogP contribution >= 0.6 is 11.6 Å². The van der Waals surface area contributed by atoms with Gasteiger partial charge in [0.15, 0.2) is 5.65 Å². The lowest BCUT2D eigenvalue weighted by Crippen LogP contribution is -2.15. The van der Waals surface area contributed by atoms with E-state index in [1.807, 2.05) is 23.6 Å². The van der Waals surface area contributed by atoms with Crippen LogP contribution in [0.4, 0.5) is 0 Å². The van der Waals surface area contributed by atoms with Gasteiger partial charge in [0.2, 0.25) is 5.91 Å². The van der Waals surface area contributed by atoms with Crippen molar-refractivity contribution in [2.75, 3.05) is 0 Å². The Balaban J connectivity index is 2.48. The SMILES string of the molecule is CC(Cl)c1nc2cccnc2n1CCC(N)=O. The van der Waals surface area contributed by atoms with Crippen LogP contribution in [0.15, 0.2) is 18.3 Å². The van der Waals surface area contributed by atoms with E-state index >= 15 is 0 Å². The van der Waals surface area contributed by atoms with Crippen LogP contribution in [-0.4, -0.2) is 20.4 Å². The van der Waals surface area contributed by atoms with E-state index in [0.29, 0.717) is 12.4 Å². The first-order valence-electron chi connectivity index (χ1n) is 5.33. The molecule has 0 spiro atoms. The molecule has 1 atom stereocenters. The van der Waals surface area contributed by atoms with Gasteiger partial charge in [0.05, 0.1) is 5.38 Å². The number of nitrogens with two attached hydrogens (primary N) is 1. The van der Waals surface area contributed by atoms with Crippen molar-refractivity contribution >= 4 is 28.7 Å². The Morgan fingerprint density at radius 1 is 1.65 bits per heavy atom. The fourth-order valence-corrected chi connectivity index (χ4v) is 1.89. The maximum Gasteiger partial charge on any atom is 0.219 e. The molecule has 1 amide bonds. The first-order valence-corrected chi connectivity index (χ1v) is 5.76. The molecule has 0 saturated carbocycles. The Morgan fingerprint density at radius 2 is 2.41 bits per heavy atom. The van der Waals surface area contributed by atoms with Gasteiger partial charge in [0.25, 0.3) is 0 Å². The number of primary amides is 1. The fourth-order valence-electron chi connectivity index (χ4n) is 1.72. The molecule has 0 fully saturated rings. The Morgan fingerprint density at radius 3 is 3.06 bits per heavy atom. The van der Waals surface area contributed by atoms with Crippen molar-refractivity contribution in [1.82, 2.24) is 14.5 Å². The van der Waals surface area contributed by atoms with Crippen LogP contribution in [0, 0.1) is 0 Å². The van der Waals surface area contributed by atoms with Crippen molar-refractivity contribution in [3.8, 4) is 0 Å². The molecule has 0 bridgehead atoms. The molecule has 0 aliphatic carbocycles. The van der Waals surface area contributed by atoms with E-state index in [1.54, 1.807) is 6.20 Å². The largest absolute Gasteiger partial charge is 0.370 e. The number of hydrogen-bond acceptors (Lipinski definition) is 3. The highest BCUT2D eigenvalue weighted by atomic mass is 35.5. The van der Waals surface area contributed by atoms with Crippen LogP contribution in [0.3, 0.4) is 0 Å². The Hall–Kier alpha value is -1.62. The molecule has 2 N–H and O–H groups in total. The minimum atomic E-state index is -0.351. The highest BCUT2D eigenvalue weighted by Crippen LogP contribution is 2.23. The number of hydrogen-bond donors (Lipinski definition) is 1. The predicted molar refractivity (Wildman–Crippen MR) is 65.6 cm³/mol. The van der Waals surface area contributed by atoms with Crippen molar-refractivity contribution in [1.29, 1.82) is 0 Å². The van der Waals surface area contributed by atoms with Crippen LogP contribution in [0.1, 0.15) is 24.5 Å². The lowest BCUT2D eigenvalue weighted by molar-refractivity contribution is -0.118. The van der Waals surface area contributed by atoms with E-state index in [1.165, 1.54) is 0 Å². The summed E-state index contributed by atoms with van der Waals surface area (Å²) in [6.07, 6.45) is 1.94. The van der Waals surface area contributed by atoms with Crippen LogP contribution < -0.4 is 5.73 Å². The molecular formula is C11H13ClN4O. The number of aromatic nitrogens is 3. The highest BCUT2D eigenvalue weighted by molar-refractivity contribution is 6.20. The molecule has 6 heteroatoms. The van der Waals surface area contributed by atoms with E-state index in [0.717, 1.165) is 11.2 Å². The van der Waals surface area contributed by atoms with Gasteiger partial charge in [-0.3, -0.25) is 4.79 Å². The molecule has 5 nitrogen and oxygen atoms in total. The van der Waals surface area contributed by atoms with Gasteiger partial charge in [-0.05, 0) is 19.1 Å². The minimum Gasteiger partial charge on any atom is -0.370 e. The van der Waals surface area contributed by atoms with Gasteiger partial charge < -0.3 is 10.3 Å². The highest BCUT2D eigenvalue weighted by Gasteiger charge is 2.15. The van der Waals surface area contributed by atoms with Gasteiger partial charge >= 0.3 is 0 Å². The summed E-state index contributed by atoms with van der Waals surface area (Å²) in [7, 11) is 0. The predicted octanol–water partition coefficient (Wildman–Crippen LogP) is 1.61. The second-order valence-corrected chi connectivity index (χ2v) is 4.45. The summed E-state index contributed by atoms with van der Waals surface area (Å²) in [6, 6.07) is 3.68. The first kappa shape index (κ1) is 11.9. The number of fused-ring (bicyclic) bond motifs is 1. The van der Waals surface area contributed by atoms with Crippen LogP contribution in [0.5, 0.6) is 0 Å². The molecular weight excluding hydrogens is 240 g/mol. The molecule has 2 rings (SSSR count). The molecule has 0 aromatic carbocycles. The minimum absolute atomic E-state index is 0.239. The molecule has 2 aromatic rings. The number of aryl methyl sites for hydroxylation is 1. The number of halogens is 1. The normalized spacial score (nSPS) is 12.8. The molecule has 0 saturated heterocycles. The molecule has 2 aromatic heterocycles. The zero-order valence-corrected chi connectivity index (χ0v) is 10.2. The second kappa shape index (κ2) is 4.71. The Kier molecular flexibility index (Phi) is 3.28.